The number of hydrogen-bond acceptors (Lipinski definition) is 5. The summed E-state index contributed by atoms with van der Waals surface area (Å²) in [6.45, 7) is 2.57. The Kier molecular flexibility index (Phi) is 2.59. The molecule has 0 amide bonds. The summed E-state index contributed by atoms with van der Waals surface area (Å²) >= 11 is 0. The molecule has 1 heterocycles. The zero-order valence-electron chi connectivity index (χ0n) is 8.57. The maximum atomic E-state index is 10.5. The van der Waals surface area contributed by atoms with Crippen LogP contribution in [0.3, 0.4) is 0 Å². The lowest BCUT2D eigenvalue weighted by Crippen LogP contribution is -1.99. The van der Waals surface area contributed by atoms with Crippen molar-refractivity contribution in [1.29, 1.82) is 0 Å². The Morgan fingerprint density at radius 1 is 1.38 bits per heavy atom. The third-order valence-corrected chi connectivity index (χ3v) is 2.17. The molecule has 0 bridgehead atoms. The number of rotatable bonds is 3. The van der Waals surface area contributed by atoms with Crippen LogP contribution in [0.25, 0.3) is 11.4 Å². The number of non-ortho nitro benzene ring substituents is 1. The van der Waals surface area contributed by atoms with E-state index in [1.54, 1.807) is 16.8 Å². The smallest absolute Gasteiger partial charge is 0.258 e. The average molecular weight is 219 g/mol. The normalized spacial score (nSPS) is 10.3. The first-order chi connectivity index (χ1) is 7.72. The molecule has 1 aromatic carbocycles. The van der Waals surface area contributed by atoms with Crippen molar-refractivity contribution in [1.82, 2.24) is 20.2 Å². The van der Waals surface area contributed by atoms with E-state index in [-0.39, 0.29) is 5.69 Å². The highest BCUT2D eigenvalue weighted by atomic mass is 16.6. The Labute approximate surface area is 90.9 Å². The van der Waals surface area contributed by atoms with Gasteiger partial charge in [-0.05, 0) is 29.5 Å². The molecule has 0 N–H and O–H groups in total. The number of tetrazole rings is 1. The molecule has 0 aliphatic rings. The van der Waals surface area contributed by atoms with Crippen molar-refractivity contribution in [3.63, 3.8) is 0 Å². The fraction of sp³-hybridized carbons (Fsp3) is 0.222. The van der Waals surface area contributed by atoms with Crippen LogP contribution in [0.1, 0.15) is 6.92 Å². The standard InChI is InChI=1S/C9H9N5O2/c1-2-13-9(10-11-12-13)7-3-5-8(6-4-7)14(15)16/h3-6H,2H2,1H3. The molecule has 2 rings (SSSR count). The molecule has 82 valence electrons. The van der Waals surface area contributed by atoms with Crippen LogP contribution in [0.4, 0.5) is 5.69 Å². The molecule has 0 aliphatic heterocycles. The summed E-state index contributed by atoms with van der Waals surface area (Å²) in [5, 5.41) is 21.7. The molecule has 0 aliphatic carbocycles. The Morgan fingerprint density at radius 2 is 2.06 bits per heavy atom. The van der Waals surface area contributed by atoms with E-state index in [2.05, 4.69) is 15.5 Å². The lowest BCUT2D eigenvalue weighted by atomic mass is 10.2. The van der Waals surface area contributed by atoms with Gasteiger partial charge < -0.3 is 0 Å². The number of nitro groups is 1. The highest BCUT2D eigenvalue weighted by molar-refractivity contribution is 5.56. The molecule has 7 heteroatoms. The van der Waals surface area contributed by atoms with Crippen LogP contribution in [0.2, 0.25) is 0 Å². The monoisotopic (exact) mass is 219 g/mol. The van der Waals surface area contributed by atoms with E-state index < -0.39 is 4.92 Å². The van der Waals surface area contributed by atoms with E-state index >= 15 is 0 Å². The van der Waals surface area contributed by atoms with Crippen LogP contribution in [0, 0.1) is 10.1 Å². The molecule has 0 fully saturated rings. The van der Waals surface area contributed by atoms with Gasteiger partial charge in [0.1, 0.15) is 0 Å². The first kappa shape index (κ1) is 10.2. The van der Waals surface area contributed by atoms with Crippen molar-refractivity contribution in [2.45, 2.75) is 13.5 Å². The SMILES string of the molecule is CCn1nnnc1-c1ccc([N+](=O)[O-])cc1. The summed E-state index contributed by atoms with van der Waals surface area (Å²) in [6.07, 6.45) is 0. The van der Waals surface area contributed by atoms with Gasteiger partial charge in [0.05, 0.1) is 4.92 Å². The molecular formula is C9H9N5O2. The second-order valence-electron chi connectivity index (χ2n) is 3.12. The van der Waals surface area contributed by atoms with E-state index in [4.69, 9.17) is 0 Å². The van der Waals surface area contributed by atoms with Crippen molar-refractivity contribution in [3.8, 4) is 11.4 Å². The zero-order valence-corrected chi connectivity index (χ0v) is 8.57. The molecule has 0 spiro atoms. The predicted molar refractivity (Wildman–Crippen MR) is 55.6 cm³/mol. The summed E-state index contributed by atoms with van der Waals surface area (Å²) in [5.41, 5.74) is 0.816. The molecular weight excluding hydrogens is 210 g/mol. The van der Waals surface area contributed by atoms with E-state index in [0.29, 0.717) is 12.4 Å². The number of aromatic nitrogens is 4. The molecule has 0 atom stereocenters. The minimum absolute atomic E-state index is 0.0549. The van der Waals surface area contributed by atoms with Gasteiger partial charge in [0.25, 0.3) is 5.69 Å². The number of nitrogens with zero attached hydrogens (tertiary/aromatic N) is 5. The summed E-state index contributed by atoms with van der Waals surface area (Å²) in [4.78, 5) is 10.0. The van der Waals surface area contributed by atoms with E-state index in [1.807, 2.05) is 6.92 Å². The third-order valence-electron chi connectivity index (χ3n) is 2.17. The van der Waals surface area contributed by atoms with Gasteiger partial charge in [-0.2, -0.15) is 0 Å². The van der Waals surface area contributed by atoms with Crippen molar-refractivity contribution in [3.05, 3.63) is 34.4 Å². The zero-order chi connectivity index (χ0) is 11.5. The Bertz CT molecular complexity index is 505. The van der Waals surface area contributed by atoms with Gasteiger partial charge in [-0.1, -0.05) is 0 Å². The first-order valence-electron chi connectivity index (χ1n) is 4.73. The molecule has 1 aromatic heterocycles. The van der Waals surface area contributed by atoms with Crippen LogP contribution in [0.5, 0.6) is 0 Å². The molecule has 16 heavy (non-hydrogen) atoms. The van der Waals surface area contributed by atoms with E-state index in [1.165, 1.54) is 12.1 Å². The molecule has 7 nitrogen and oxygen atoms in total. The fourth-order valence-corrected chi connectivity index (χ4v) is 1.36. The van der Waals surface area contributed by atoms with Crippen molar-refractivity contribution in [2.75, 3.05) is 0 Å². The van der Waals surface area contributed by atoms with Gasteiger partial charge in [-0.25, -0.2) is 4.68 Å². The lowest BCUT2D eigenvalue weighted by Gasteiger charge is -2.00. The lowest BCUT2D eigenvalue weighted by molar-refractivity contribution is -0.384. The van der Waals surface area contributed by atoms with Crippen molar-refractivity contribution < 1.29 is 4.92 Å². The quantitative estimate of drug-likeness (QED) is 0.573. The van der Waals surface area contributed by atoms with Crippen LogP contribution in [-0.4, -0.2) is 25.1 Å². The highest BCUT2D eigenvalue weighted by Gasteiger charge is 2.09. The Hall–Kier alpha value is -2.31. The van der Waals surface area contributed by atoms with Gasteiger partial charge in [0.2, 0.25) is 0 Å². The maximum Gasteiger partial charge on any atom is 0.269 e. The highest BCUT2D eigenvalue weighted by Crippen LogP contribution is 2.19. The molecule has 0 unspecified atom stereocenters. The largest absolute Gasteiger partial charge is 0.269 e. The molecule has 0 saturated heterocycles. The van der Waals surface area contributed by atoms with Crippen LogP contribution < -0.4 is 0 Å². The van der Waals surface area contributed by atoms with E-state index in [0.717, 1.165) is 5.56 Å². The van der Waals surface area contributed by atoms with Gasteiger partial charge >= 0.3 is 0 Å². The topological polar surface area (TPSA) is 86.7 Å². The average Bonchev–Trinajstić information content (AvgIpc) is 2.77. The van der Waals surface area contributed by atoms with Crippen LogP contribution in [-0.2, 0) is 6.54 Å². The third kappa shape index (κ3) is 1.74. The van der Waals surface area contributed by atoms with Gasteiger partial charge in [0, 0.05) is 24.2 Å². The minimum Gasteiger partial charge on any atom is -0.258 e. The Balaban J connectivity index is 2.38. The minimum atomic E-state index is -0.438. The summed E-state index contributed by atoms with van der Waals surface area (Å²) in [7, 11) is 0. The van der Waals surface area contributed by atoms with Gasteiger partial charge in [0.15, 0.2) is 5.82 Å². The Morgan fingerprint density at radius 3 is 2.62 bits per heavy atom. The van der Waals surface area contributed by atoms with Crippen molar-refractivity contribution in [2.24, 2.45) is 0 Å². The molecule has 0 saturated carbocycles. The molecule has 2 aromatic rings. The first-order valence-corrected chi connectivity index (χ1v) is 4.73. The van der Waals surface area contributed by atoms with Crippen molar-refractivity contribution >= 4 is 5.69 Å². The number of aryl methyl sites for hydroxylation is 1. The van der Waals surface area contributed by atoms with Gasteiger partial charge in [-0.15, -0.1) is 5.10 Å². The van der Waals surface area contributed by atoms with Crippen LogP contribution >= 0.6 is 0 Å². The number of nitro benzene ring substituents is 1. The second-order valence-corrected chi connectivity index (χ2v) is 3.12. The summed E-state index contributed by atoms with van der Waals surface area (Å²) < 4.78 is 1.63. The fourth-order valence-electron chi connectivity index (χ4n) is 1.36. The number of hydrogen-bond donors (Lipinski definition) is 0. The second kappa shape index (κ2) is 4.05. The molecule has 0 radical (unpaired) electrons. The maximum absolute atomic E-state index is 10.5. The predicted octanol–water partition coefficient (Wildman–Crippen LogP) is 1.27. The summed E-state index contributed by atoms with van der Waals surface area (Å²) in [5.74, 6) is 0.609. The number of benzene rings is 1. The summed E-state index contributed by atoms with van der Waals surface area (Å²) in [6, 6.07) is 6.14. The van der Waals surface area contributed by atoms with Crippen LogP contribution in [0.15, 0.2) is 24.3 Å². The van der Waals surface area contributed by atoms with Gasteiger partial charge in [-0.3, -0.25) is 10.1 Å². The van der Waals surface area contributed by atoms with E-state index in [9.17, 15) is 10.1 Å².